The molecule has 0 unspecified atom stereocenters. The van der Waals surface area contributed by atoms with Crippen molar-refractivity contribution in [2.24, 2.45) is 0 Å². The number of ether oxygens (including phenoxy) is 2. The molecule has 4 rings (SSSR count). The molecular formula is C17H22N4O2S. The Morgan fingerprint density at radius 3 is 2.79 bits per heavy atom. The Balaban J connectivity index is 1.39. The Bertz CT molecular complexity index is 685. The molecule has 1 aromatic carbocycles. The van der Waals surface area contributed by atoms with E-state index in [4.69, 9.17) is 9.47 Å². The van der Waals surface area contributed by atoms with E-state index in [1.165, 1.54) is 32.5 Å². The molecule has 0 bridgehead atoms. The lowest BCUT2D eigenvalue weighted by molar-refractivity contribution is 0.171. The molecular weight excluding hydrogens is 324 g/mol. The van der Waals surface area contributed by atoms with Gasteiger partial charge in [0.1, 0.15) is 25.4 Å². The fourth-order valence-corrected chi connectivity index (χ4v) is 4.02. The number of benzene rings is 1. The molecule has 0 saturated carbocycles. The SMILES string of the molecule is c1nc(CSCCN2CCCC2)n(-c2ccc3c(c2)OCCO3)n1. The van der Waals surface area contributed by atoms with Crippen molar-refractivity contribution in [3.8, 4) is 17.2 Å². The van der Waals surface area contributed by atoms with Crippen molar-refractivity contribution in [1.29, 1.82) is 0 Å². The first-order chi connectivity index (χ1) is 11.9. The first-order valence-corrected chi connectivity index (χ1v) is 9.65. The number of fused-ring (bicyclic) bond motifs is 1. The summed E-state index contributed by atoms with van der Waals surface area (Å²) in [7, 11) is 0. The van der Waals surface area contributed by atoms with E-state index in [0.29, 0.717) is 13.2 Å². The third-order valence-corrected chi connectivity index (χ3v) is 5.30. The number of likely N-dealkylation sites (tertiary alicyclic amines) is 1. The van der Waals surface area contributed by atoms with E-state index >= 15 is 0 Å². The molecule has 7 heteroatoms. The van der Waals surface area contributed by atoms with Gasteiger partial charge in [-0.15, -0.1) is 0 Å². The number of nitrogens with zero attached hydrogens (tertiary/aromatic N) is 4. The minimum Gasteiger partial charge on any atom is -0.486 e. The van der Waals surface area contributed by atoms with E-state index in [1.54, 1.807) is 6.33 Å². The van der Waals surface area contributed by atoms with Gasteiger partial charge in [-0.2, -0.15) is 16.9 Å². The van der Waals surface area contributed by atoms with Crippen LogP contribution in [-0.2, 0) is 5.75 Å². The molecule has 0 amide bonds. The summed E-state index contributed by atoms with van der Waals surface area (Å²) in [6.45, 7) is 4.88. The third kappa shape index (κ3) is 3.52. The summed E-state index contributed by atoms with van der Waals surface area (Å²) in [5, 5.41) is 4.38. The van der Waals surface area contributed by atoms with E-state index in [2.05, 4.69) is 15.0 Å². The lowest BCUT2D eigenvalue weighted by Gasteiger charge is -2.19. The number of thioether (sulfide) groups is 1. The predicted octanol–water partition coefficient (Wildman–Crippen LogP) is 2.37. The number of aromatic nitrogens is 3. The van der Waals surface area contributed by atoms with Gasteiger partial charge in [-0.3, -0.25) is 0 Å². The molecule has 0 atom stereocenters. The maximum atomic E-state index is 5.66. The van der Waals surface area contributed by atoms with Crippen LogP contribution < -0.4 is 9.47 Å². The van der Waals surface area contributed by atoms with Gasteiger partial charge in [0, 0.05) is 18.4 Å². The highest BCUT2D eigenvalue weighted by atomic mass is 32.2. The van der Waals surface area contributed by atoms with Gasteiger partial charge in [0.15, 0.2) is 11.5 Å². The lowest BCUT2D eigenvalue weighted by Crippen LogP contribution is -2.22. The topological polar surface area (TPSA) is 52.4 Å². The summed E-state index contributed by atoms with van der Waals surface area (Å²) in [5.74, 6) is 4.54. The van der Waals surface area contributed by atoms with Crippen LogP contribution >= 0.6 is 11.8 Å². The quantitative estimate of drug-likeness (QED) is 0.749. The molecule has 2 aliphatic heterocycles. The van der Waals surface area contributed by atoms with E-state index in [9.17, 15) is 0 Å². The molecule has 2 aliphatic rings. The van der Waals surface area contributed by atoms with Gasteiger partial charge >= 0.3 is 0 Å². The van der Waals surface area contributed by atoms with E-state index in [1.807, 2.05) is 34.6 Å². The molecule has 1 fully saturated rings. The van der Waals surface area contributed by atoms with Crippen LogP contribution in [0.1, 0.15) is 18.7 Å². The second kappa shape index (κ2) is 7.44. The molecule has 0 radical (unpaired) electrons. The van der Waals surface area contributed by atoms with Gasteiger partial charge in [0.2, 0.25) is 0 Å². The Kier molecular flexibility index (Phi) is 4.89. The summed E-state index contributed by atoms with van der Waals surface area (Å²) in [5.41, 5.74) is 0.965. The van der Waals surface area contributed by atoms with Crippen molar-refractivity contribution in [2.75, 3.05) is 38.6 Å². The summed E-state index contributed by atoms with van der Waals surface area (Å²) >= 11 is 1.91. The highest BCUT2D eigenvalue weighted by Crippen LogP contribution is 2.32. The van der Waals surface area contributed by atoms with Crippen molar-refractivity contribution < 1.29 is 9.47 Å². The van der Waals surface area contributed by atoms with Gasteiger partial charge < -0.3 is 14.4 Å². The Hall–Kier alpha value is -1.73. The Morgan fingerprint density at radius 2 is 1.92 bits per heavy atom. The first-order valence-electron chi connectivity index (χ1n) is 8.49. The monoisotopic (exact) mass is 346 g/mol. The summed E-state index contributed by atoms with van der Waals surface area (Å²) in [4.78, 5) is 6.96. The van der Waals surface area contributed by atoms with Crippen LogP contribution in [0.3, 0.4) is 0 Å². The normalized spacial score (nSPS) is 17.3. The highest BCUT2D eigenvalue weighted by Gasteiger charge is 2.15. The van der Waals surface area contributed by atoms with Crippen LogP contribution in [-0.4, -0.2) is 58.3 Å². The minimum atomic E-state index is 0.590. The van der Waals surface area contributed by atoms with Gasteiger partial charge in [-0.1, -0.05) is 0 Å². The second-order valence-electron chi connectivity index (χ2n) is 6.02. The van der Waals surface area contributed by atoms with Gasteiger partial charge in [0.05, 0.1) is 11.4 Å². The summed E-state index contributed by atoms with van der Waals surface area (Å²) in [6, 6.07) is 5.91. The zero-order valence-corrected chi connectivity index (χ0v) is 14.5. The largest absolute Gasteiger partial charge is 0.486 e. The number of rotatable bonds is 6. The average molecular weight is 346 g/mol. The second-order valence-corrected chi connectivity index (χ2v) is 7.12. The summed E-state index contributed by atoms with van der Waals surface area (Å²) in [6.07, 6.45) is 4.32. The fourth-order valence-electron chi connectivity index (χ4n) is 3.11. The molecule has 0 spiro atoms. The van der Waals surface area contributed by atoms with E-state index in [-0.39, 0.29) is 0 Å². The zero-order chi connectivity index (χ0) is 16.2. The van der Waals surface area contributed by atoms with Gasteiger partial charge in [-0.25, -0.2) is 9.67 Å². The maximum absolute atomic E-state index is 5.66. The molecule has 3 heterocycles. The maximum Gasteiger partial charge on any atom is 0.163 e. The molecule has 2 aromatic rings. The Labute approximate surface area is 146 Å². The fraction of sp³-hybridized carbons (Fsp3) is 0.529. The van der Waals surface area contributed by atoms with Crippen LogP contribution in [0.4, 0.5) is 0 Å². The molecule has 1 saturated heterocycles. The summed E-state index contributed by atoms with van der Waals surface area (Å²) < 4.78 is 13.1. The third-order valence-electron chi connectivity index (χ3n) is 4.37. The molecule has 0 N–H and O–H groups in total. The van der Waals surface area contributed by atoms with Crippen molar-refractivity contribution in [1.82, 2.24) is 19.7 Å². The van der Waals surface area contributed by atoms with E-state index < -0.39 is 0 Å². The van der Waals surface area contributed by atoms with Crippen molar-refractivity contribution in [3.63, 3.8) is 0 Å². The molecule has 6 nitrogen and oxygen atoms in total. The molecule has 0 aliphatic carbocycles. The van der Waals surface area contributed by atoms with Crippen LogP contribution in [0.5, 0.6) is 11.5 Å². The van der Waals surface area contributed by atoms with Crippen LogP contribution in [0, 0.1) is 0 Å². The van der Waals surface area contributed by atoms with Crippen molar-refractivity contribution in [2.45, 2.75) is 18.6 Å². The van der Waals surface area contributed by atoms with Gasteiger partial charge in [0.25, 0.3) is 0 Å². The highest BCUT2D eigenvalue weighted by molar-refractivity contribution is 7.98. The van der Waals surface area contributed by atoms with E-state index in [0.717, 1.165) is 34.5 Å². The van der Waals surface area contributed by atoms with Crippen LogP contribution in [0.2, 0.25) is 0 Å². The van der Waals surface area contributed by atoms with Crippen LogP contribution in [0.15, 0.2) is 24.5 Å². The predicted molar refractivity (Wildman–Crippen MR) is 94.2 cm³/mol. The minimum absolute atomic E-state index is 0.590. The molecule has 24 heavy (non-hydrogen) atoms. The molecule has 1 aromatic heterocycles. The first kappa shape index (κ1) is 15.8. The van der Waals surface area contributed by atoms with Gasteiger partial charge in [-0.05, 0) is 38.1 Å². The molecule has 128 valence electrons. The average Bonchev–Trinajstić information content (AvgIpc) is 3.30. The van der Waals surface area contributed by atoms with Crippen LogP contribution in [0.25, 0.3) is 5.69 Å². The number of hydrogen-bond acceptors (Lipinski definition) is 6. The van der Waals surface area contributed by atoms with Crippen molar-refractivity contribution in [3.05, 3.63) is 30.4 Å². The number of hydrogen-bond donors (Lipinski definition) is 0. The zero-order valence-electron chi connectivity index (χ0n) is 13.7. The lowest BCUT2D eigenvalue weighted by atomic mass is 10.2. The smallest absolute Gasteiger partial charge is 0.163 e. The standard InChI is InChI=1S/C17H22N4O2S/c1-2-6-20(5-1)7-10-24-12-17-18-13-19-21(17)14-3-4-15-16(11-14)23-9-8-22-15/h3-4,11,13H,1-2,5-10,12H2. The van der Waals surface area contributed by atoms with Crippen molar-refractivity contribution >= 4 is 11.8 Å². The Morgan fingerprint density at radius 1 is 1.08 bits per heavy atom.